The summed E-state index contributed by atoms with van der Waals surface area (Å²) in [6.45, 7) is 3.09. The number of amides is 1. The summed E-state index contributed by atoms with van der Waals surface area (Å²) in [5.74, 6) is 3.35. The molecule has 1 aliphatic rings. The van der Waals surface area contributed by atoms with Crippen LogP contribution < -0.4 is 5.32 Å². The molecule has 3 nitrogen and oxygen atoms in total. The van der Waals surface area contributed by atoms with Gasteiger partial charge in [0.1, 0.15) is 0 Å². The van der Waals surface area contributed by atoms with E-state index in [4.69, 9.17) is 0 Å². The summed E-state index contributed by atoms with van der Waals surface area (Å²) in [5.41, 5.74) is 3.03. The highest BCUT2D eigenvalue weighted by molar-refractivity contribution is 7.99. The molecule has 0 radical (unpaired) electrons. The van der Waals surface area contributed by atoms with Crippen LogP contribution in [0.2, 0.25) is 0 Å². The van der Waals surface area contributed by atoms with Crippen LogP contribution in [0.25, 0.3) is 0 Å². The fourth-order valence-electron chi connectivity index (χ4n) is 2.20. The van der Waals surface area contributed by atoms with Crippen LogP contribution in [0, 0.1) is 12.8 Å². The predicted molar refractivity (Wildman–Crippen MR) is 83.1 cm³/mol. The summed E-state index contributed by atoms with van der Waals surface area (Å²) >= 11 is 2.03. The van der Waals surface area contributed by atoms with Gasteiger partial charge in [0.05, 0.1) is 0 Å². The second kappa shape index (κ2) is 6.33. The standard InChI is InChI=1S/C15H22N2OS/c1-11-4-5-13(15(18)17(2)3)8-14(11)16-9-12-6-7-19-10-12/h4-5,8,12,16H,6-7,9-10H2,1-3H3. The lowest BCUT2D eigenvalue weighted by molar-refractivity contribution is 0.0827. The molecule has 19 heavy (non-hydrogen) atoms. The van der Waals surface area contributed by atoms with Crippen LogP contribution in [-0.4, -0.2) is 43.0 Å². The van der Waals surface area contributed by atoms with Crippen molar-refractivity contribution >= 4 is 23.4 Å². The molecular formula is C15H22N2OS. The lowest BCUT2D eigenvalue weighted by atomic mass is 10.1. The van der Waals surface area contributed by atoms with E-state index in [0.717, 1.165) is 23.7 Å². The van der Waals surface area contributed by atoms with Crippen LogP contribution in [0.5, 0.6) is 0 Å². The van der Waals surface area contributed by atoms with Crippen molar-refractivity contribution in [3.05, 3.63) is 29.3 Å². The largest absolute Gasteiger partial charge is 0.385 e. The van der Waals surface area contributed by atoms with Crippen molar-refractivity contribution in [1.82, 2.24) is 4.90 Å². The Balaban J connectivity index is 2.06. The molecule has 1 fully saturated rings. The number of hydrogen-bond acceptors (Lipinski definition) is 3. The molecule has 0 aromatic heterocycles. The molecule has 1 aliphatic heterocycles. The van der Waals surface area contributed by atoms with Gasteiger partial charge >= 0.3 is 0 Å². The van der Waals surface area contributed by atoms with Gasteiger partial charge in [0, 0.05) is 31.9 Å². The number of nitrogens with zero attached hydrogens (tertiary/aromatic N) is 1. The first-order valence-electron chi connectivity index (χ1n) is 6.72. The van der Waals surface area contributed by atoms with Gasteiger partial charge in [0.15, 0.2) is 0 Å². The normalized spacial score (nSPS) is 18.4. The van der Waals surface area contributed by atoms with Crippen molar-refractivity contribution in [2.45, 2.75) is 13.3 Å². The first-order chi connectivity index (χ1) is 9.08. The number of rotatable bonds is 4. The van der Waals surface area contributed by atoms with Crippen LogP contribution in [0.1, 0.15) is 22.3 Å². The Morgan fingerprint density at radius 2 is 2.26 bits per heavy atom. The van der Waals surface area contributed by atoms with Crippen LogP contribution in [-0.2, 0) is 0 Å². The van der Waals surface area contributed by atoms with Crippen LogP contribution in [0.4, 0.5) is 5.69 Å². The molecule has 0 spiro atoms. The molecule has 2 rings (SSSR count). The Hall–Kier alpha value is -1.16. The molecule has 104 valence electrons. The predicted octanol–water partition coefficient (Wildman–Crippen LogP) is 2.86. The Bertz CT molecular complexity index is 453. The first-order valence-corrected chi connectivity index (χ1v) is 7.87. The van der Waals surface area contributed by atoms with E-state index in [1.54, 1.807) is 19.0 Å². The zero-order valence-electron chi connectivity index (χ0n) is 11.9. The molecule has 1 aromatic carbocycles. The molecule has 4 heteroatoms. The van der Waals surface area contributed by atoms with Crippen molar-refractivity contribution in [2.24, 2.45) is 5.92 Å². The van der Waals surface area contributed by atoms with Gasteiger partial charge in [-0.1, -0.05) is 6.07 Å². The monoisotopic (exact) mass is 278 g/mol. The number of thioether (sulfide) groups is 1. The fourth-order valence-corrected chi connectivity index (χ4v) is 3.49. The van der Waals surface area contributed by atoms with Crippen molar-refractivity contribution < 1.29 is 4.79 Å². The summed E-state index contributed by atoms with van der Waals surface area (Å²) < 4.78 is 0. The zero-order valence-corrected chi connectivity index (χ0v) is 12.7. The van der Waals surface area contributed by atoms with Gasteiger partial charge in [-0.05, 0) is 48.5 Å². The lowest BCUT2D eigenvalue weighted by Crippen LogP contribution is -2.22. The Kier molecular flexibility index (Phi) is 4.75. The third-order valence-electron chi connectivity index (χ3n) is 3.50. The number of nitrogens with one attached hydrogen (secondary N) is 1. The maximum Gasteiger partial charge on any atom is 0.253 e. The van der Waals surface area contributed by atoms with Gasteiger partial charge in [0.2, 0.25) is 0 Å². The fraction of sp³-hybridized carbons (Fsp3) is 0.533. The summed E-state index contributed by atoms with van der Waals surface area (Å²) in [6, 6.07) is 5.89. The van der Waals surface area contributed by atoms with Crippen molar-refractivity contribution in [1.29, 1.82) is 0 Å². The first kappa shape index (κ1) is 14.3. The highest BCUT2D eigenvalue weighted by Crippen LogP contribution is 2.25. The number of anilines is 1. The Labute approximate surface area is 119 Å². The van der Waals surface area contributed by atoms with Gasteiger partial charge in [-0.2, -0.15) is 11.8 Å². The maximum atomic E-state index is 12.0. The van der Waals surface area contributed by atoms with E-state index in [2.05, 4.69) is 12.2 Å². The van der Waals surface area contributed by atoms with Crippen LogP contribution >= 0.6 is 11.8 Å². The average Bonchev–Trinajstić information content (AvgIpc) is 2.90. The molecular weight excluding hydrogens is 256 g/mol. The van der Waals surface area contributed by atoms with E-state index in [0.29, 0.717) is 0 Å². The molecule has 0 saturated carbocycles. The number of carbonyl (C=O) groups excluding carboxylic acids is 1. The van der Waals surface area contributed by atoms with Crippen molar-refractivity contribution in [3.8, 4) is 0 Å². The second-order valence-electron chi connectivity index (χ2n) is 5.34. The summed E-state index contributed by atoms with van der Waals surface area (Å²) in [6.07, 6.45) is 1.30. The number of hydrogen-bond donors (Lipinski definition) is 1. The topological polar surface area (TPSA) is 32.3 Å². The smallest absolute Gasteiger partial charge is 0.253 e. The van der Waals surface area contributed by atoms with E-state index in [1.807, 2.05) is 30.0 Å². The SMILES string of the molecule is Cc1ccc(C(=O)N(C)C)cc1NCC1CCSC1. The van der Waals surface area contributed by atoms with Gasteiger partial charge in [-0.3, -0.25) is 4.79 Å². The third-order valence-corrected chi connectivity index (χ3v) is 4.73. The van der Waals surface area contributed by atoms with Crippen molar-refractivity contribution in [3.63, 3.8) is 0 Å². The van der Waals surface area contributed by atoms with Gasteiger partial charge in [0.25, 0.3) is 5.91 Å². The number of benzene rings is 1. The molecule has 1 atom stereocenters. The molecule has 0 bridgehead atoms. The zero-order chi connectivity index (χ0) is 13.8. The van der Waals surface area contributed by atoms with E-state index in [-0.39, 0.29) is 5.91 Å². The van der Waals surface area contributed by atoms with Gasteiger partial charge < -0.3 is 10.2 Å². The van der Waals surface area contributed by atoms with E-state index >= 15 is 0 Å². The molecule has 1 unspecified atom stereocenters. The van der Waals surface area contributed by atoms with Gasteiger partial charge in [-0.15, -0.1) is 0 Å². The maximum absolute atomic E-state index is 12.0. The highest BCUT2D eigenvalue weighted by Gasteiger charge is 2.16. The molecule has 1 saturated heterocycles. The Morgan fingerprint density at radius 3 is 2.89 bits per heavy atom. The highest BCUT2D eigenvalue weighted by atomic mass is 32.2. The number of carbonyl (C=O) groups is 1. The molecule has 1 N–H and O–H groups in total. The van der Waals surface area contributed by atoms with E-state index in [9.17, 15) is 4.79 Å². The van der Waals surface area contributed by atoms with Crippen LogP contribution in [0.15, 0.2) is 18.2 Å². The average molecular weight is 278 g/mol. The van der Waals surface area contributed by atoms with E-state index in [1.165, 1.54) is 23.5 Å². The molecule has 1 heterocycles. The molecule has 1 amide bonds. The minimum Gasteiger partial charge on any atom is -0.385 e. The Morgan fingerprint density at radius 1 is 1.47 bits per heavy atom. The van der Waals surface area contributed by atoms with Crippen LogP contribution in [0.3, 0.4) is 0 Å². The summed E-state index contributed by atoms with van der Waals surface area (Å²) in [7, 11) is 3.57. The van der Waals surface area contributed by atoms with Crippen molar-refractivity contribution in [2.75, 3.05) is 37.5 Å². The van der Waals surface area contributed by atoms with Gasteiger partial charge in [-0.25, -0.2) is 0 Å². The van der Waals surface area contributed by atoms with E-state index < -0.39 is 0 Å². The lowest BCUT2D eigenvalue weighted by Gasteiger charge is -2.16. The third kappa shape index (κ3) is 3.66. The quantitative estimate of drug-likeness (QED) is 0.919. The molecule has 0 aliphatic carbocycles. The second-order valence-corrected chi connectivity index (χ2v) is 6.49. The molecule has 1 aromatic rings. The minimum atomic E-state index is 0.0551. The summed E-state index contributed by atoms with van der Waals surface area (Å²) in [5, 5.41) is 3.50. The minimum absolute atomic E-state index is 0.0551. The number of aryl methyl sites for hydroxylation is 1. The summed E-state index contributed by atoms with van der Waals surface area (Å²) in [4.78, 5) is 13.6.